The molecule has 1 aliphatic carbocycles. The number of carbonyl (C=O) groups is 1. The maximum absolute atomic E-state index is 12.2. The highest BCUT2D eigenvalue weighted by Crippen LogP contribution is 2.23. The lowest BCUT2D eigenvalue weighted by molar-refractivity contribution is -0.123. The largest absolute Gasteiger partial charge is 0.352 e. The van der Waals surface area contributed by atoms with Gasteiger partial charge < -0.3 is 5.32 Å². The summed E-state index contributed by atoms with van der Waals surface area (Å²) in [7, 11) is 1.99. The van der Waals surface area contributed by atoms with Gasteiger partial charge in [0.1, 0.15) is 0 Å². The van der Waals surface area contributed by atoms with Crippen LogP contribution >= 0.6 is 15.9 Å². The second-order valence-electron chi connectivity index (χ2n) is 6.20. The fraction of sp³-hybridized carbons (Fsp3) is 0.588. The quantitative estimate of drug-likeness (QED) is 0.878. The van der Waals surface area contributed by atoms with Crippen molar-refractivity contribution in [2.45, 2.75) is 45.2 Å². The molecule has 1 saturated carbocycles. The number of halogens is 1. The Labute approximate surface area is 136 Å². The SMILES string of the molecule is C[C@@H]1CCCC[C@@H]1NC(=O)CN(C)Cc1ccccc1Br. The smallest absolute Gasteiger partial charge is 0.234 e. The van der Waals surface area contributed by atoms with Gasteiger partial charge in [-0.15, -0.1) is 0 Å². The Morgan fingerprint density at radius 3 is 2.76 bits per heavy atom. The van der Waals surface area contributed by atoms with Crippen molar-refractivity contribution in [1.29, 1.82) is 0 Å². The maximum Gasteiger partial charge on any atom is 0.234 e. The summed E-state index contributed by atoms with van der Waals surface area (Å²) in [5.41, 5.74) is 1.21. The maximum atomic E-state index is 12.2. The zero-order chi connectivity index (χ0) is 15.2. The average Bonchev–Trinajstić information content (AvgIpc) is 2.44. The molecule has 0 aliphatic heterocycles. The van der Waals surface area contributed by atoms with Crippen molar-refractivity contribution in [2.75, 3.05) is 13.6 Å². The monoisotopic (exact) mass is 352 g/mol. The van der Waals surface area contributed by atoms with Crippen LogP contribution in [0.3, 0.4) is 0 Å². The third-order valence-electron chi connectivity index (χ3n) is 4.27. The number of likely N-dealkylation sites (N-methyl/N-ethyl adjacent to an activating group) is 1. The van der Waals surface area contributed by atoms with Crippen LogP contribution < -0.4 is 5.32 Å². The predicted octanol–water partition coefficient (Wildman–Crippen LogP) is 3.58. The van der Waals surface area contributed by atoms with Gasteiger partial charge in [0.15, 0.2) is 0 Å². The zero-order valence-electron chi connectivity index (χ0n) is 12.9. The molecule has 116 valence electrons. The van der Waals surface area contributed by atoms with Crippen molar-refractivity contribution >= 4 is 21.8 Å². The van der Waals surface area contributed by atoms with E-state index in [-0.39, 0.29) is 5.91 Å². The van der Waals surface area contributed by atoms with Crippen LogP contribution in [0.2, 0.25) is 0 Å². The third kappa shape index (κ3) is 5.11. The number of amides is 1. The Kier molecular flexibility index (Phi) is 6.24. The summed E-state index contributed by atoms with van der Waals surface area (Å²) in [6.07, 6.45) is 4.90. The molecule has 0 spiro atoms. The molecule has 2 rings (SSSR count). The number of rotatable bonds is 5. The summed E-state index contributed by atoms with van der Waals surface area (Å²) in [5.74, 6) is 0.750. The van der Waals surface area contributed by atoms with E-state index in [0.29, 0.717) is 18.5 Å². The van der Waals surface area contributed by atoms with Gasteiger partial charge in [0.25, 0.3) is 0 Å². The second kappa shape index (κ2) is 7.95. The summed E-state index contributed by atoms with van der Waals surface area (Å²) in [4.78, 5) is 14.2. The first-order chi connectivity index (χ1) is 10.1. The lowest BCUT2D eigenvalue weighted by Gasteiger charge is -2.30. The normalized spacial score (nSPS) is 22.3. The molecular formula is C17H25BrN2O. The molecule has 21 heavy (non-hydrogen) atoms. The van der Waals surface area contributed by atoms with E-state index < -0.39 is 0 Å². The van der Waals surface area contributed by atoms with Gasteiger partial charge in [-0.05, 0) is 37.4 Å². The molecule has 0 bridgehead atoms. The topological polar surface area (TPSA) is 32.3 Å². The van der Waals surface area contributed by atoms with Crippen molar-refractivity contribution < 1.29 is 4.79 Å². The summed E-state index contributed by atoms with van der Waals surface area (Å²) in [6, 6.07) is 8.51. The Balaban J connectivity index is 1.80. The number of hydrogen-bond donors (Lipinski definition) is 1. The van der Waals surface area contributed by atoms with Gasteiger partial charge in [-0.3, -0.25) is 9.69 Å². The van der Waals surface area contributed by atoms with Gasteiger partial charge in [-0.25, -0.2) is 0 Å². The molecule has 1 N–H and O–H groups in total. The van der Waals surface area contributed by atoms with Gasteiger partial charge in [0, 0.05) is 17.1 Å². The third-order valence-corrected chi connectivity index (χ3v) is 5.04. The van der Waals surface area contributed by atoms with Crippen LogP contribution in [0.5, 0.6) is 0 Å². The minimum Gasteiger partial charge on any atom is -0.352 e. The van der Waals surface area contributed by atoms with Gasteiger partial charge in [0.05, 0.1) is 6.54 Å². The molecule has 1 amide bonds. The molecule has 0 unspecified atom stereocenters. The van der Waals surface area contributed by atoms with Crippen LogP contribution in [0, 0.1) is 5.92 Å². The first-order valence-corrected chi connectivity index (χ1v) is 8.57. The zero-order valence-corrected chi connectivity index (χ0v) is 14.5. The summed E-state index contributed by atoms with van der Waals surface area (Å²) in [5, 5.41) is 3.21. The highest BCUT2D eigenvalue weighted by atomic mass is 79.9. The fourth-order valence-electron chi connectivity index (χ4n) is 3.00. The first-order valence-electron chi connectivity index (χ1n) is 7.77. The van der Waals surface area contributed by atoms with Crippen molar-refractivity contribution in [3.05, 3.63) is 34.3 Å². The first kappa shape index (κ1) is 16.5. The van der Waals surface area contributed by atoms with Crippen molar-refractivity contribution in [3.8, 4) is 0 Å². The molecule has 0 aromatic heterocycles. The molecule has 4 heteroatoms. The lowest BCUT2D eigenvalue weighted by Crippen LogP contribution is -2.44. The van der Waals surface area contributed by atoms with Crippen molar-refractivity contribution in [1.82, 2.24) is 10.2 Å². The van der Waals surface area contributed by atoms with Crippen LogP contribution in [0.1, 0.15) is 38.2 Å². The van der Waals surface area contributed by atoms with Crippen LogP contribution in [0.15, 0.2) is 28.7 Å². The Hall–Kier alpha value is -0.870. The fourth-order valence-corrected chi connectivity index (χ4v) is 3.41. The van der Waals surface area contributed by atoms with Crippen molar-refractivity contribution in [2.24, 2.45) is 5.92 Å². The molecule has 1 aromatic rings. The Morgan fingerprint density at radius 2 is 2.05 bits per heavy atom. The minimum absolute atomic E-state index is 0.142. The molecule has 0 radical (unpaired) electrons. The van der Waals surface area contributed by atoms with Gasteiger partial charge in [-0.2, -0.15) is 0 Å². The standard InChI is InChI=1S/C17H25BrN2O/c1-13-7-3-6-10-16(13)19-17(21)12-20(2)11-14-8-4-5-9-15(14)18/h4-5,8-9,13,16H,3,6-7,10-12H2,1-2H3,(H,19,21)/t13-,16+/m1/s1. The molecular weight excluding hydrogens is 328 g/mol. The van der Waals surface area contributed by atoms with Gasteiger partial charge in [-0.1, -0.05) is 53.9 Å². The summed E-state index contributed by atoms with van der Waals surface area (Å²) in [6.45, 7) is 3.47. The Morgan fingerprint density at radius 1 is 1.33 bits per heavy atom. The average molecular weight is 353 g/mol. The Bertz CT molecular complexity index is 478. The van der Waals surface area contributed by atoms with Crippen LogP contribution in [0.4, 0.5) is 0 Å². The second-order valence-corrected chi connectivity index (χ2v) is 7.05. The van der Waals surface area contributed by atoms with Gasteiger partial charge in [0.2, 0.25) is 5.91 Å². The number of nitrogens with zero attached hydrogens (tertiary/aromatic N) is 1. The number of benzene rings is 1. The van der Waals surface area contributed by atoms with Crippen molar-refractivity contribution in [3.63, 3.8) is 0 Å². The van der Waals surface area contributed by atoms with E-state index in [4.69, 9.17) is 0 Å². The molecule has 0 saturated heterocycles. The summed E-state index contributed by atoms with van der Waals surface area (Å²) < 4.78 is 1.10. The lowest BCUT2D eigenvalue weighted by atomic mass is 9.86. The van der Waals surface area contributed by atoms with E-state index >= 15 is 0 Å². The van der Waals surface area contributed by atoms with E-state index in [0.717, 1.165) is 17.4 Å². The highest BCUT2D eigenvalue weighted by Gasteiger charge is 2.23. The predicted molar refractivity (Wildman–Crippen MR) is 90.0 cm³/mol. The van der Waals surface area contributed by atoms with Crippen LogP contribution in [-0.2, 0) is 11.3 Å². The van der Waals surface area contributed by atoms with E-state index in [2.05, 4.69) is 39.1 Å². The van der Waals surface area contributed by atoms with Crippen LogP contribution in [0.25, 0.3) is 0 Å². The number of nitrogens with one attached hydrogen (secondary N) is 1. The number of carbonyl (C=O) groups excluding carboxylic acids is 1. The van der Waals surface area contributed by atoms with E-state index in [1.165, 1.54) is 24.8 Å². The van der Waals surface area contributed by atoms with Crippen LogP contribution in [-0.4, -0.2) is 30.4 Å². The molecule has 1 fully saturated rings. The number of hydrogen-bond acceptors (Lipinski definition) is 2. The van der Waals surface area contributed by atoms with Gasteiger partial charge >= 0.3 is 0 Å². The van der Waals surface area contributed by atoms with E-state index in [1.54, 1.807) is 0 Å². The van der Waals surface area contributed by atoms with E-state index in [1.807, 2.05) is 25.2 Å². The molecule has 2 atom stereocenters. The highest BCUT2D eigenvalue weighted by molar-refractivity contribution is 9.10. The molecule has 1 aliphatic rings. The van der Waals surface area contributed by atoms with E-state index in [9.17, 15) is 4.79 Å². The molecule has 0 heterocycles. The summed E-state index contributed by atoms with van der Waals surface area (Å²) >= 11 is 3.55. The molecule has 3 nitrogen and oxygen atoms in total. The minimum atomic E-state index is 0.142. The molecule has 1 aromatic carbocycles.